The van der Waals surface area contributed by atoms with Crippen molar-refractivity contribution in [1.29, 1.82) is 0 Å². The number of β-amino-alcohol motifs (C(OH)–C–C–N with tert-alkyl or cyclic N) is 1. The Labute approximate surface area is 228 Å². The molecule has 1 saturated carbocycles. The molecule has 3 heterocycles. The van der Waals surface area contributed by atoms with Crippen LogP contribution in [0.25, 0.3) is 0 Å². The lowest BCUT2D eigenvalue weighted by atomic mass is 9.85. The fraction of sp³-hybridized carbons (Fsp3) is 0.607. The maximum absolute atomic E-state index is 13.9. The Kier molecular flexibility index (Phi) is 7.37. The Hall–Kier alpha value is -3.47. The van der Waals surface area contributed by atoms with E-state index in [4.69, 9.17) is 0 Å². The van der Waals surface area contributed by atoms with E-state index in [0.29, 0.717) is 25.6 Å². The van der Waals surface area contributed by atoms with Crippen LogP contribution in [-0.2, 0) is 20.9 Å². The molecule has 3 amide bonds. The number of nitrogens with zero attached hydrogens (tertiary/aromatic N) is 5. The molecule has 5 rings (SSSR count). The molecule has 3 N–H and O–H groups in total. The Morgan fingerprint density at radius 1 is 1.26 bits per heavy atom. The van der Waals surface area contributed by atoms with Crippen molar-refractivity contribution in [2.75, 3.05) is 31.1 Å². The van der Waals surface area contributed by atoms with Gasteiger partial charge in [0, 0.05) is 50.4 Å². The number of anilines is 1. The summed E-state index contributed by atoms with van der Waals surface area (Å²) in [5.74, 6) is -0.106. The summed E-state index contributed by atoms with van der Waals surface area (Å²) in [4.78, 5) is 42.5. The zero-order chi connectivity index (χ0) is 27.9. The average molecular weight is 538 g/mol. The van der Waals surface area contributed by atoms with Gasteiger partial charge in [-0.05, 0) is 48.4 Å². The molecule has 2 aliphatic heterocycles. The number of hydrogen-bond acceptors (Lipinski definition) is 7. The van der Waals surface area contributed by atoms with E-state index in [0.717, 1.165) is 41.9 Å². The number of aromatic nitrogens is 3. The van der Waals surface area contributed by atoms with Crippen molar-refractivity contribution in [2.24, 2.45) is 5.41 Å². The third-order valence-corrected chi connectivity index (χ3v) is 7.89. The van der Waals surface area contributed by atoms with Gasteiger partial charge < -0.3 is 25.5 Å². The van der Waals surface area contributed by atoms with Crippen LogP contribution in [0.2, 0.25) is 0 Å². The summed E-state index contributed by atoms with van der Waals surface area (Å²) >= 11 is 0. The van der Waals surface area contributed by atoms with E-state index in [1.54, 1.807) is 4.68 Å². The molecule has 0 spiro atoms. The molecule has 11 nitrogen and oxygen atoms in total. The SMILES string of the molecule is Cc1cc(N2CCNC(=O)C2)ccc1CNC(=O)C1CC(O)CN1C(=O)[C@@H](n1cc(C2CC2)nn1)C(C)(C)C. The van der Waals surface area contributed by atoms with Gasteiger partial charge in [0.1, 0.15) is 12.1 Å². The topological polar surface area (TPSA) is 133 Å². The number of amides is 3. The number of nitrogens with one attached hydrogen (secondary N) is 2. The highest BCUT2D eigenvalue weighted by atomic mass is 16.3. The van der Waals surface area contributed by atoms with Crippen LogP contribution in [0, 0.1) is 12.3 Å². The molecular formula is C28H39N7O4. The van der Waals surface area contributed by atoms with Gasteiger partial charge in [0.25, 0.3) is 0 Å². The minimum atomic E-state index is -0.772. The van der Waals surface area contributed by atoms with E-state index in [9.17, 15) is 19.5 Å². The van der Waals surface area contributed by atoms with E-state index in [2.05, 4.69) is 20.9 Å². The van der Waals surface area contributed by atoms with Crippen molar-refractivity contribution < 1.29 is 19.5 Å². The molecule has 1 aromatic carbocycles. The highest BCUT2D eigenvalue weighted by Gasteiger charge is 2.45. The molecule has 2 aromatic rings. The molecular weight excluding hydrogens is 498 g/mol. The van der Waals surface area contributed by atoms with Crippen molar-refractivity contribution in [3.05, 3.63) is 41.2 Å². The van der Waals surface area contributed by atoms with Gasteiger partial charge in [-0.2, -0.15) is 0 Å². The minimum Gasteiger partial charge on any atom is -0.391 e. The number of aliphatic hydroxyl groups excluding tert-OH is 1. The van der Waals surface area contributed by atoms with Crippen molar-refractivity contribution in [3.8, 4) is 0 Å². The standard InChI is InChI=1S/C28H39N7O4/c1-17-11-20(33-10-9-29-24(37)16-33)8-7-19(17)13-30-26(38)23-12-21(36)14-34(23)27(39)25(28(2,3)4)35-15-22(31-32-35)18-5-6-18/h7-8,11,15,18,21,23,25,36H,5-6,9-10,12-14,16H2,1-4H3,(H,29,37)(H,30,38)/t21?,23?,25-/m1/s1. The van der Waals surface area contributed by atoms with Crippen LogP contribution in [0.4, 0.5) is 5.69 Å². The van der Waals surface area contributed by atoms with Crippen LogP contribution < -0.4 is 15.5 Å². The number of aliphatic hydroxyl groups is 1. The third-order valence-electron chi connectivity index (χ3n) is 7.89. The van der Waals surface area contributed by atoms with Gasteiger partial charge in [-0.3, -0.25) is 14.4 Å². The van der Waals surface area contributed by atoms with Crippen molar-refractivity contribution in [1.82, 2.24) is 30.5 Å². The lowest BCUT2D eigenvalue weighted by Crippen LogP contribution is -2.50. The zero-order valence-electron chi connectivity index (χ0n) is 23.2. The predicted octanol–water partition coefficient (Wildman–Crippen LogP) is 1.27. The minimum absolute atomic E-state index is 0.00830. The highest BCUT2D eigenvalue weighted by Crippen LogP contribution is 2.40. The Bertz CT molecular complexity index is 1250. The average Bonchev–Trinajstić information content (AvgIpc) is 3.49. The molecule has 3 atom stereocenters. The first-order chi connectivity index (χ1) is 18.5. The molecule has 39 heavy (non-hydrogen) atoms. The zero-order valence-corrected chi connectivity index (χ0v) is 23.2. The van der Waals surface area contributed by atoms with Crippen LogP contribution in [0.3, 0.4) is 0 Å². The van der Waals surface area contributed by atoms with Gasteiger partial charge in [0.15, 0.2) is 0 Å². The smallest absolute Gasteiger partial charge is 0.248 e. The summed E-state index contributed by atoms with van der Waals surface area (Å²) in [5.41, 5.74) is 3.35. The fourth-order valence-corrected chi connectivity index (χ4v) is 5.56. The largest absolute Gasteiger partial charge is 0.391 e. The second-order valence-corrected chi connectivity index (χ2v) is 12.2. The Morgan fingerprint density at radius 2 is 2.03 bits per heavy atom. The third kappa shape index (κ3) is 5.93. The van der Waals surface area contributed by atoms with E-state index in [1.807, 2.05) is 57.0 Å². The maximum Gasteiger partial charge on any atom is 0.248 e. The molecule has 210 valence electrons. The summed E-state index contributed by atoms with van der Waals surface area (Å²) in [7, 11) is 0. The van der Waals surface area contributed by atoms with Gasteiger partial charge in [0.05, 0.1) is 18.3 Å². The predicted molar refractivity (Wildman–Crippen MR) is 145 cm³/mol. The lowest BCUT2D eigenvalue weighted by molar-refractivity contribution is -0.144. The van der Waals surface area contributed by atoms with Gasteiger partial charge in [-0.25, -0.2) is 4.68 Å². The lowest BCUT2D eigenvalue weighted by Gasteiger charge is -2.34. The van der Waals surface area contributed by atoms with Crippen LogP contribution in [-0.4, -0.2) is 81.0 Å². The summed E-state index contributed by atoms with van der Waals surface area (Å²) in [5, 5.41) is 24.9. The van der Waals surface area contributed by atoms with Crippen molar-refractivity contribution in [3.63, 3.8) is 0 Å². The molecule has 3 fully saturated rings. The molecule has 2 saturated heterocycles. The van der Waals surface area contributed by atoms with Crippen LogP contribution in [0.15, 0.2) is 24.4 Å². The first-order valence-electron chi connectivity index (χ1n) is 13.8. The van der Waals surface area contributed by atoms with E-state index in [-0.39, 0.29) is 30.7 Å². The number of hydrogen-bond donors (Lipinski definition) is 3. The first-order valence-corrected chi connectivity index (χ1v) is 13.8. The first kappa shape index (κ1) is 27.1. The van der Waals surface area contributed by atoms with Gasteiger partial charge in [-0.1, -0.05) is 32.1 Å². The molecule has 3 aliphatic rings. The van der Waals surface area contributed by atoms with Gasteiger partial charge in [-0.15, -0.1) is 5.10 Å². The Balaban J connectivity index is 1.27. The molecule has 1 aliphatic carbocycles. The Morgan fingerprint density at radius 3 is 2.69 bits per heavy atom. The van der Waals surface area contributed by atoms with Crippen LogP contribution in [0.1, 0.15) is 68.8 Å². The number of likely N-dealkylation sites (tertiary alicyclic amines) is 1. The number of carbonyl (C=O) groups excluding carboxylic acids is 3. The van der Waals surface area contributed by atoms with Crippen molar-refractivity contribution in [2.45, 2.75) is 77.6 Å². The number of benzene rings is 1. The van der Waals surface area contributed by atoms with E-state index < -0.39 is 23.6 Å². The number of rotatable bonds is 7. The summed E-state index contributed by atoms with van der Waals surface area (Å²) in [6.45, 7) is 9.99. The van der Waals surface area contributed by atoms with Crippen LogP contribution >= 0.6 is 0 Å². The normalized spacial score (nSPS) is 22.5. The fourth-order valence-electron chi connectivity index (χ4n) is 5.56. The van der Waals surface area contributed by atoms with Gasteiger partial charge >= 0.3 is 0 Å². The summed E-state index contributed by atoms with van der Waals surface area (Å²) < 4.78 is 1.63. The van der Waals surface area contributed by atoms with Gasteiger partial charge in [0.2, 0.25) is 17.7 Å². The van der Waals surface area contributed by atoms with E-state index in [1.165, 1.54) is 4.90 Å². The molecule has 0 radical (unpaired) electrons. The summed E-state index contributed by atoms with van der Waals surface area (Å²) in [6, 6.07) is 4.53. The molecule has 1 aromatic heterocycles. The van der Waals surface area contributed by atoms with Crippen LogP contribution in [0.5, 0.6) is 0 Å². The molecule has 11 heteroatoms. The second kappa shape index (κ2) is 10.6. The number of aryl methyl sites for hydroxylation is 1. The van der Waals surface area contributed by atoms with E-state index >= 15 is 0 Å². The van der Waals surface area contributed by atoms with Crippen molar-refractivity contribution >= 4 is 23.4 Å². The molecule has 0 bridgehead atoms. The highest BCUT2D eigenvalue weighted by molar-refractivity contribution is 5.90. The monoisotopic (exact) mass is 537 g/mol. The number of carbonyl (C=O) groups is 3. The molecule has 2 unspecified atom stereocenters. The second-order valence-electron chi connectivity index (χ2n) is 12.2. The quantitative estimate of drug-likeness (QED) is 0.484. The summed E-state index contributed by atoms with van der Waals surface area (Å²) in [6.07, 6.45) is 3.45. The maximum atomic E-state index is 13.9. The number of piperazine rings is 1.